The fourth-order valence-electron chi connectivity index (χ4n) is 3.14. The molecule has 0 spiro atoms. The third-order valence-electron chi connectivity index (χ3n) is 4.88. The number of Topliss-reactive ketones (excluding diaryl/α,β-unsaturated/α-hetero) is 1. The molecule has 0 amide bonds. The molecule has 29 heavy (non-hydrogen) atoms. The summed E-state index contributed by atoms with van der Waals surface area (Å²) >= 11 is 5.94. The van der Waals surface area contributed by atoms with Crippen LogP contribution in [0.25, 0.3) is 11.3 Å². The molecule has 0 saturated carbocycles. The van der Waals surface area contributed by atoms with Gasteiger partial charge in [0.1, 0.15) is 5.82 Å². The van der Waals surface area contributed by atoms with Gasteiger partial charge in [0.05, 0.1) is 18.2 Å². The topological polar surface area (TPSA) is 89.3 Å². The van der Waals surface area contributed by atoms with Crippen molar-refractivity contribution in [2.45, 2.75) is 58.9 Å². The molecule has 6 nitrogen and oxygen atoms in total. The van der Waals surface area contributed by atoms with Crippen molar-refractivity contribution in [2.24, 2.45) is 5.92 Å². The van der Waals surface area contributed by atoms with E-state index in [4.69, 9.17) is 11.6 Å². The summed E-state index contributed by atoms with van der Waals surface area (Å²) in [6, 6.07) is 8.49. The zero-order chi connectivity index (χ0) is 21.4. The number of nitrogens with zero attached hydrogens (tertiary/aromatic N) is 2. The maximum absolute atomic E-state index is 12.8. The number of carbonyl (C=O) groups is 2. The summed E-state index contributed by atoms with van der Waals surface area (Å²) in [6.45, 7) is 3.67. The molecule has 7 heteroatoms. The highest BCUT2D eigenvalue weighted by molar-refractivity contribution is 6.30. The Morgan fingerprint density at radius 3 is 2.45 bits per heavy atom. The molecule has 0 saturated heterocycles. The van der Waals surface area contributed by atoms with Gasteiger partial charge in [-0.15, -0.1) is 0 Å². The lowest BCUT2D eigenvalue weighted by Crippen LogP contribution is -2.30. The fourth-order valence-corrected chi connectivity index (χ4v) is 3.26. The monoisotopic (exact) mass is 418 g/mol. The second-order valence-corrected chi connectivity index (χ2v) is 7.57. The van der Waals surface area contributed by atoms with E-state index in [0.29, 0.717) is 29.4 Å². The third kappa shape index (κ3) is 6.53. The van der Waals surface area contributed by atoms with Gasteiger partial charge in [-0.25, -0.2) is 4.98 Å². The molecule has 0 radical (unpaired) electrons. The van der Waals surface area contributed by atoms with E-state index >= 15 is 0 Å². The second kappa shape index (κ2) is 10.9. The van der Waals surface area contributed by atoms with Crippen LogP contribution in [0, 0.1) is 5.92 Å². The SMILES string of the molecule is CCCCCc1nc(-c2ccc(Cl)cc2)cc(=O)n1CC(=O)CC(CC)C(=O)O. The quantitative estimate of drug-likeness (QED) is 0.547. The van der Waals surface area contributed by atoms with Crippen molar-refractivity contribution in [3.8, 4) is 11.3 Å². The first-order valence-electron chi connectivity index (χ1n) is 9.96. The fraction of sp³-hybridized carbons (Fsp3) is 0.455. The number of rotatable bonds is 11. The molecule has 0 aliphatic heterocycles. The first kappa shape index (κ1) is 22.8. The van der Waals surface area contributed by atoms with Crippen LogP contribution in [0.15, 0.2) is 35.1 Å². The Kier molecular flexibility index (Phi) is 8.58. The smallest absolute Gasteiger partial charge is 0.306 e. The van der Waals surface area contributed by atoms with Gasteiger partial charge >= 0.3 is 5.97 Å². The maximum atomic E-state index is 12.8. The summed E-state index contributed by atoms with van der Waals surface area (Å²) in [5.74, 6) is -1.46. The van der Waals surface area contributed by atoms with Crippen LogP contribution < -0.4 is 5.56 Å². The molecule has 2 aromatic rings. The molecule has 0 aliphatic rings. The molecule has 1 unspecified atom stereocenters. The van der Waals surface area contributed by atoms with Crippen LogP contribution in [0.2, 0.25) is 5.02 Å². The van der Waals surface area contributed by atoms with Crippen LogP contribution in [-0.2, 0) is 22.6 Å². The highest BCUT2D eigenvalue weighted by Crippen LogP contribution is 2.20. The first-order chi connectivity index (χ1) is 13.8. The summed E-state index contributed by atoms with van der Waals surface area (Å²) in [5.41, 5.74) is 1.01. The van der Waals surface area contributed by atoms with Crippen LogP contribution in [0.4, 0.5) is 0 Å². The van der Waals surface area contributed by atoms with Gasteiger partial charge in [0, 0.05) is 29.5 Å². The maximum Gasteiger partial charge on any atom is 0.306 e. The first-order valence-corrected chi connectivity index (χ1v) is 10.3. The number of ketones is 1. The molecule has 0 bridgehead atoms. The van der Waals surface area contributed by atoms with Crippen molar-refractivity contribution in [1.29, 1.82) is 0 Å². The van der Waals surface area contributed by atoms with Gasteiger partial charge in [-0.1, -0.05) is 50.4 Å². The Bertz CT molecular complexity index is 906. The lowest BCUT2D eigenvalue weighted by Gasteiger charge is -2.15. The van der Waals surface area contributed by atoms with E-state index in [2.05, 4.69) is 11.9 Å². The molecule has 1 atom stereocenters. The molecular formula is C22H27ClN2O4. The Balaban J connectivity index is 2.34. The Morgan fingerprint density at radius 1 is 1.17 bits per heavy atom. The minimum Gasteiger partial charge on any atom is -0.481 e. The zero-order valence-corrected chi connectivity index (χ0v) is 17.6. The minimum atomic E-state index is -0.993. The van der Waals surface area contributed by atoms with Gasteiger partial charge in [-0.3, -0.25) is 19.0 Å². The van der Waals surface area contributed by atoms with Gasteiger partial charge in [-0.2, -0.15) is 0 Å². The summed E-state index contributed by atoms with van der Waals surface area (Å²) < 4.78 is 1.38. The standard InChI is InChI=1S/C22H27ClN2O4/c1-3-5-6-7-20-24-19(16-8-10-17(23)11-9-16)13-21(27)25(20)14-18(26)12-15(4-2)22(28)29/h8-11,13,15H,3-7,12,14H2,1-2H3,(H,28,29). The Morgan fingerprint density at radius 2 is 1.86 bits per heavy atom. The number of aromatic nitrogens is 2. The highest BCUT2D eigenvalue weighted by atomic mass is 35.5. The molecular weight excluding hydrogens is 392 g/mol. The summed E-state index contributed by atoms with van der Waals surface area (Å²) in [7, 11) is 0. The average molecular weight is 419 g/mol. The van der Waals surface area contributed by atoms with Crippen LogP contribution in [0.5, 0.6) is 0 Å². The van der Waals surface area contributed by atoms with E-state index in [0.717, 1.165) is 24.8 Å². The number of benzene rings is 1. The predicted molar refractivity (Wildman–Crippen MR) is 113 cm³/mol. The summed E-state index contributed by atoms with van der Waals surface area (Å²) in [4.78, 5) is 41.1. The number of halogens is 1. The van der Waals surface area contributed by atoms with Crippen molar-refractivity contribution >= 4 is 23.4 Å². The van der Waals surface area contributed by atoms with E-state index in [1.165, 1.54) is 10.6 Å². The van der Waals surface area contributed by atoms with Crippen molar-refractivity contribution < 1.29 is 14.7 Å². The molecule has 156 valence electrons. The molecule has 1 aromatic heterocycles. The van der Waals surface area contributed by atoms with E-state index in [1.54, 1.807) is 31.2 Å². The summed E-state index contributed by atoms with van der Waals surface area (Å²) in [5, 5.41) is 9.78. The van der Waals surface area contributed by atoms with E-state index < -0.39 is 11.9 Å². The Labute approximate surface area is 175 Å². The number of hydrogen-bond donors (Lipinski definition) is 1. The van der Waals surface area contributed by atoms with Gasteiger partial charge in [0.15, 0.2) is 5.78 Å². The van der Waals surface area contributed by atoms with Crippen LogP contribution >= 0.6 is 11.6 Å². The second-order valence-electron chi connectivity index (χ2n) is 7.13. The average Bonchev–Trinajstić information content (AvgIpc) is 2.68. The lowest BCUT2D eigenvalue weighted by molar-refractivity contribution is -0.143. The van der Waals surface area contributed by atoms with Gasteiger partial charge < -0.3 is 5.11 Å². The van der Waals surface area contributed by atoms with Crippen LogP contribution in [0.1, 0.15) is 51.8 Å². The van der Waals surface area contributed by atoms with E-state index in [1.807, 2.05) is 0 Å². The van der Waals surface area contributed by atoms with Crippen LogP contribution in [-0.4, -0.2) is 26.4 Å². The number of unbranched alkanes of at least 4 members (excludes halogenated alkanes) is 2. The number of carbonyl (C=O) groups excluding carboxylic acids is 1. The Hall–Kier alpha value is -2.47. The molecule has 2 rings (SSSR count). The van der Waals surface area contributed by atoms with E-state index in [-0.39, 0.29) is 24.3 Å². The number of hydrogen-bond acceptors (Lipinski definition) is 4. The number of aryl methyl sites for hydroxylation is 1. The van der Waals surface area contributed by atoms with Crippen molar-refractivity contribution in [1.82, 2.24) is 9.55 Å². The number of carboxylic acids is 1. The minimum absolute atomic E-state index is 0.0917. The normalized spacial score (nSPS) is 12.0. The van der Waals surface area contributed by atoms with Crippen molar-refractivity contribution in [3.05, 3.63) is 51.5 Å². The lowest BCUT2D eigenvalue weighted by atomic mass is 10.00. The molecule has 1 aromatic carbocycles. The summed E-state index contributed by atoms with van der Waals surface area (Å²) in [6.07, 6.45) is 3.73. The zero-order valence-electron chi connectivity index (χ0n) is 16.9. The predicted octanol–water partition coefficient (Wildman–Crippen LogP) is 4.37. The van der Waals surface area contributed by atoms with Gasteiger partial charge in [0.2, 0.25) is 0 Å². The molecule has 0 aliphatic carbocycles. The van der Waals surface area contributed by atoms with E-state index in [9.17, 15) is 19.5 Å². The van der Waals surface area contributed by atoms with Crippen molar-refractivity contribution in [2.75, 3.05) is 0 Å². The highest BCUT2D eigenvalue weighted by Gasteiger charge is 2.21. The number of aliphatic carboxylic acids is 1. The third-order valence-corrected chi connectivity index (χ3v) is 5.13. The van der Waals surface area contributed by atoms with Crippen molar-refractivity contribution in [3.63, 3.8) is 0 Å². The number of carboxylic acid groups (broad SMARTS) is 1. The molecule has 1 N–H and O–H groups in total. The van der Waals surface area contributed by atoms with Gasteiger partial charge in [-0.05, 0) is 25.0 Å². The molecule has 1 heterocycles. The molecule has 0 fully saturated rings. The largest absolute Gasteiger partial charge is 0.481 e. The van der Waals surface area contributed by atoms with Gasteiger partial charge in [0.25, 0.3) is 5.56 Å². The van der Waals surface area contributed by atoms with Crippen LogP contribution in [0.3, 0.4) is 0 Å².